The first-order valence-corrected chi connectivity index (χ1v) is 10.7. The summed E-state index contributed by atoms with van der Waals surface area (Å²) in [6, 6.07) is 10.0. The molecule has 0 radical (unpaired) electrons. The van der Waals surface area contributed by atoms with Crippen LogP contribution in [0.5, 0.6) is 5.75 Å². The van der Waals surface area contributed by atoms with Crippen molar-refractivity contribution in [3.63, 3.8) is 0 Å². The molecule has 1 aliphatic heterocycles. The summed E-state index contributed by atoms with van der Waals surface area (Å²) in [5.74, 6) is 6.69. The predicted octanol–water partition coefficient (Wildman–Crippen LogP) is 3.11. The Morgan fingerprint density at radius 3 is 2.84 bits per heavy atom. The molecular weight excluding hydrogens is 402 g/mol. The van der Waals surface area contributed by atoms with E-state index >= 15 is 0 Å². The van der Waals surface area contributed by atoms with Crippen molar-refractivity contribution in [2.75, 3.05) is 25.9 Å². The summed E-state index contributed by atoms with van der Waals surface area (Å²) in [4.78, 5) is 6.63. The number of hydrogen-bond acceptors (Lipinski definition) is 6. The second kappa shape index (κ2) is 9.03. The minimum absolute atomic E-state index is 0.334. The molecule has 0 spiro atoms. The summed E-state index contributed by atoms with van der Waals surface area (Å²) < 4.78 is 8.02. The lowest BCUT2D eigenvalue weighted by Crippen LogP contribution is -2.16. The molecule has 0 saturated carbocycles. The maximum atomic E-state index is 9.80. The van der Waals surface area contributed by atoms with Crippen LogP contribution in [0, 0.1) is 11.8 Å². The van der Waals surface area contributed by atoms with Gasteiger partial charge in [-0.25, -0.2) is 4.98 Å². The number of aromatic nitrogens is 3. The molecule has 0 aliphatic carbocycles. The number of likely N-dealkylation sites (tertiary alicyclic amines) is 1. The Morgan fingerprint density at radius 2 is 2.09 bits per heavy atom. The second-order valence-electron chi connectivity index (χ2n) is 8.82. The summed E-state index contributed by atoms with van der Waals surface area (Å²) >= 11 is 0. The minimum atomic E-state index is -1.03. The van der Waals surface area contributed by atoms with Gasteiger partial charge in [-0.05, 0) is 57.6 Å². The van der Waals surface area contributed by atoms with E-state index in [-0.39, 0.29) is 0 Å². The number of hydrogen-bond donors (Lipinski definition) is 2. The van der Waals surface area contributed by atoms with Crippen molar-refractivity contribution in [2.45, 2.75) is 38.5 Å². The fraction of sp³-hybridized carbons (Fsp3) is 0.360. The van der Waals surface area contributed by atoms with Gasteiger partial charge >= 0.3 is 0 Å². The highest BCUT2D eigenvalue weighted by Crippen LogP contribution is 2.29. The van der Waals surface area contributed by atoms with Gasteiger partial charge in [-0.15, -0.1) is 0 Å². The molecule has 32 heavy (non-hydrogen) atoms. The number of aliphatic hydroxyl groups is 1. The van der Waals surface area contributed by atoms with E-state index in [1.54, 1.807) is 20.0 Å². The van der Waals surface area contributed by atoms with Crippen LogP contribution in [0.1, 0.15) is 37.4 Å². The molecule has 0 amide bonds. The summed E-state index contributed by atoms with van der Waals surface area (Å²) in [7, 11) is 2.13. The van der Waals surface area contributed by atoms with Crippen LogP contribution in [-0.2, 0) is 6.61 Å². The number of nitrogens with zero attached hydrogens (tertiary/aromatic N) is 4. The molecule has 4 rings (SSSR count). The van der Waals surface area contributed by atoms with E-state index in [0.29, 0.717) is 24.2 Å². The van der Waals surface area contributed by atoms with E-state index in [1.807, 2.05) is 41.2 Å². The van der Waals surface area contributed by atoms with Crippen LogP contribution in [0.2, 0.25) is 0 Å². The first-order chi connectivity index (χ1) is 15.3. The lowest BCUT2D eigenvalue weighted by Gasteiger charge is -2.11. The molecule has 3 aromatic rings. The number of benzene rings is 1. The van der Waals surface area contributed by atoms with Crippen molar-refractivity contribution in [2.24, 2.45) is 0 Å². The SMILES string of the molecule is CN1CCC(n2cc(-c3cnc(N)c(OCc4cccc(C#CC(C)(C)O)c4)c3)cn2)C1. The van der Waals surface area contributed by atoms with Crippen LogP contribution in [0.3, 0.4) is 0 Å². The number of nitrogens with two attached hydrogens (primary N) is 1. The summed E-state index contributed by atoms with van der Waals surface area (Å²) in [5, 5.41) is 14.4. The first-order valence-electron chi connectivity index (χ1n) is 10.7. The van der Waals surface area contributed by atoms with Gasteiger partial charge in [-0.1, -0.05) is 24.0 Å². The molecule has 1 unspecified atom stereocenters. The van der Waals surface area contributed by atoms with Gasteiger partial charge in [-0.2, -0.15) is 5.10 Å². The molecule has 1 saturated heterocycles. The quantitative estimate of drug-likeness (QED) is 0.604. The normalized spacial score (nSPS) is 16.6. The van der Waals surface area contributed by atoms with Gasteiger partial charge in [0.1, 0.15) is 12.2 Å². The Bertz CT molecular complexity index is 1150. The molecule has 1 atom stereocenters. The first kappa shape index (κ1) is 21.9. The Hall–Kier alpha value is -3.34. The third-order valence-corrected chi connectivity index (χ3v) is 5.39. The topological polar surface area (TPSA) is 89.4 Å². The third-order valence-electron chi connectivity index (χ3n) is 5.39. The molecule has 3 heterocycles. The highest BCUT2D eigenvalue weighted by molar-refractivity contribution is 5.65. The molecule has 0 bridgehead atoms. The smallest absolute Gasteiger partial charge is 0.166 e. The number of ether oxygens (including phenoxy) is 1. The number of nitrogen functional groups attached to an aromatic ring is 1. The van der Waals surface area contributed by atoms with Crippen LogP contribution < -0.4 is 10.5 Å². The van der Waals surface area contributed by atoms with Gasteiger partial charge in [0.2, 0.25) is 0 Å². The fourth-order valence-corrected chi connectivity index (χ4v) is 3.67. The van der Waals surface area contributed by atoms with Crippen molar-refractivity contribution in [3.05, 3.63) is 60.0 Å². The lowest BCUT2D eigenvalue weighted by atomic mass is 10.1. The van der Waals surface area contributed by atoms with Crippen LogP contribution >= 0.6 is 0 Å². The summed E-state index contributed by atoms with van der Waals surface area (Å²) in [6.07, 6.45) is 6.77. The van der Waals surface area contributed by atoms with Gasteiger partial charge < -0.3 is 20.5 Å². The molecular formula is C25H29N5O2. The van der Waals surface area contributed by atoms with Crippen molar-refractivity contribution >= 4 is 5.82 Å². The second-order valence-corrected chi connectivity index (χ2v) is 8.82. The molecule has 7 heteroatoms. The highest BCUT2D eigenvalue weighted by atomic mass is 16.5. The molecule has 1 aliphatic rings. The lowest BCUT2D eigenvalue weighted by molar-refractivity contribution is 0.143. The third kappa shape index (κ3) is 5.47. The Balaban J connectivity index is 1.47. The Labute approximate surface area is 188 Å². The van der Waals surface area contributed by atoms with E-state index in [2.05, 4.69) is 40.1 Å². The van der Waals surface area contributed by atoms with Gasteiger partial charge in [0.15, 0.2) is 11.6 Å². The van der Waals surface area contributed by atoms with Crippen molar-refractivity contribution in [1.82, 2.24) is 19.7 Å². The number of anilines is 1. The van der Waals surface area contributed by atoms with Gasteiger partial charge in [0.25, 0.3) is 0 Å². The van der Waals surface area contributed by atoms with E-state index in [4.69, 9.17) is 10.5 Å². The fourth-order valence-electron chi connectivity index (χ4n) is 3.67. The summed E-state index contributed by atoms with van der Waals surface area (Å²) in [5.41, 5.74) is 8.70. The predicted molar refractivity (Wildman–Crippen MR) is 125 cm³/mol. The van der Waals surface area contributed by atoms with Crippen LogP contribution in [-0.4, -0.2) is 50.5 Å². The van der Waals surface area contributed by atoms with E-state index in [0.717, 1.165) is 41.8 Å². The van der Waals surface area contributed by atoms with Crippen molar-refractivity contribution in [3.8, 4) is 28.7 Å². The monoisotopic (exact) mass is 431 g/mol. The molecule has 2 aromatic heterocycles. The average Bonchev–Trinajstić information content (AvgIpc) is 3.41. The molecule has 7 nitrogen and oxygen atoms in total. The Morgan fingerprint density at radius 1 is 1.25 bits per heavy atom. The molecule has 166 valence electrons. The molecule has 1 fully saturated rings. The zero-order valence-corrected chi connectivity index (χ0v) is 18.7. The van der Waals surface area contributed by atoms with Crippen molar-refractivity contribution in [1.29, 1.82) is 0 Å². The minimum Gasteiger partial charge on any atom is -0.485 e. The van der Waals surface area contributed by atoms with E-state index in [1.165, 1.54) is 0 Å². The number of likely N-dealkylation sites (N-methyl/N-ethyl adjacent to an activating group) is 1. The maximum Gasteiger partial charge on any atom is 0.166 e. The van der Waals surface area contributed by atoms with E-state index < -0.39 is 5.60 Å². The number of rotatable bonds is 5. The highest BCUT2D eigenvalue weighted by Gasteiger charge is 2.22. The van der Waals surface area contributed by atoms with E-state index in [9.17, 15) is 5.11 Å². The zero-order chi connectivity index (χ0) is 22.7. The van der Waals surface area contributed by atoms with Gasteiger partial charge in [-0.3, -0.25) is 4.68 Å². The Kier molecular flexibility index (Phi) is 6.17. The van der Waals surface area contributed by atoms with Crippen LogP contribution in [0.4, 0.5) is 5.82 Å². The maximum absolute atomic E-state index is 9.80. The largest absolute Gasteiger partial charge is 0.485 e. The standard InChI is InChI=1S/C25H29N5O2/c1-25(2,31)9-7-18-5-4-6-19(11-18)17-32-23-12-20(13-27-24(23)26)21-14-28-30(15-21)22-8-10-29(3)16-22/h4-6,11-15,22,31H,8,10,16-17H2,1-3H3,(H2,26,27). The molecule has 3 N–H and O–H groups in total. The molecule has 1 aromatic carbocycles. The van der Waals surface area contributed by atoms with Crippen LogP contribution in [0.15, 0.2) is 48.9 Å². The zero-order valence-electron chi connectivity index (χ0n) is 18.7. The average molecular weight is 432 g/mol. The van der Waals surface area contributed by atoms with Gasteiger partial charge in [0.05, 0.1) is 12.2 Å². The summed E-state index contributed by atoms with van der Waals surface area (Å²) in [6.45, 7) is 5.75. The number of pyridine rings is 1. The van der Waals surface area contributed by atoms with Crippen molar-refractivity contribution < 1.29 is 9.84 Å². The van der Waals surface area contributed by atoms with Gasteiger partial charge in [0, 0.05) is 35.6 Å². The van der Waals surface area contributed by atoms with Crippen LogP contribution in [0.25, 0.3) is 11.1 Å².